The number of carbonyl (C=O) groups excluding carboxylic acids is 2. The van der Waals surface area contributed by atoms with Crippen LogP contribution in [-0.4, -0.2) is 40.4 Å². The SMILES string of the molecule is CCOC(=O)CC(NC(=O)c1cc2cnn(C(C)C)c2nc1C)c1cccc(OC)c1. The second-order valence-corrected chi connectivity index (χ2v) is 7.53. The highest BCUT2D eigenvalue weighted by atomic mass is 16.5. The number of hydrogen-bond acceptors (Lipinski definition) is 6. The summed E-state index contributed by atoms with van der Waals surface area (Å²) in [5.41, 5.74) is 2.51. The number of hydrogen-bond donors (Lipinski definition) is 1. The number of aryl methyl sites for hydroxylation is 1. The van der Waals surface area contributed by atoms with Crippen molar-refractivity contribution < 1.29 is 19.1 Å². The van der Waals surface area contributed by atoms with E-state index in [1.54, 1.807) is 45.4 Å². The molecule has 8 heteroatoms. The Labute approximate surface area is 181 Å². The summed E-state index contributed by atoms with van der Waals surface area (Å²) in [6.07, 6.45) is 1.71. The van der Waals surface area contributed by atoms with Gasteiger partial charge in [0, 0.05) is 11.4 Å². The van der Waals surface area contributed by atoms with Crippen LogP contribution in [0.3, 0.4) is 0 Å². The number of nitrogens with zero attached hydrogens (tertiary/aromatic N) is 3. The molecule has 1 unspecified atom stereocenters. The van der Waals surface area contributed by atoms with Gasteiger partial charge in [0.1, 0.15) is 5.75 Å². The van der Waals surface area contributed by atoms with Gasteiger partial charge < -0.3 is 14.8 Å². The number of rotatable bonds is 8. The lowest BCUT2D eigenvalue weighted by Crippen LogP contribution is -2.31. The number of benzene rings is 1. The first-order valence-corrected chi connectivity index (χ1v) is 10.3. The number of methoxy groups -OCH3 is 1. The van der Waals surface area contributed by atoms with Gasteiger partial charge in [-0.15, -0.1) is 0 Å². The fraction of sp³-hybridized carbons (Fsp3) is 0.391. The van der Waals surface area contributed by atoms with E-state index >= 15 is 0 Å². The van der Waals surface area contributed by atoms with Gasteiger partial charge in [-0.05, 0) is 51.5 Å². The molecule has 1 aromatic carbocycles. The van der Waals surface area contributed by atoms with Crippen molar-refractivity contribution in [3.8, 4) is 5.75 Å². The maximum atomic E-state index is 13.2. The van der Waals surface area contributed by atoms with Gasteiger partial charge in [0.15, 0.2) is 5.65 Å². The first-order chi connectivity index (χ1) is 14.8. The fourth-order valence-corrected chi connectivity index (χ4v) is 3.41. The number of amides is 1. The molecule has 1 amide bonds. The highest BCUT2D eigenvalue weighted by Gasteiger charge is 2.22. The highest BCUT2D eigenvalue weighted by molar-refractivity contribution is 5.98. The second kappa shape index (κ2) is 9.59. The van der Waals surface area contributed by atoms with Crippen molar-refractivity contribution in [1.82, 2.24) is 20.1 Å². The van der Waals surface area contributed by atoms with E-state index in [9.17, 15) is 9.59 Å². The number of aromatic nitrogens is 3. The standard InChI is InChI=1S/C23H28N4O4/c1-6-31-21(28)12-20(16-8-7-9-18(10-16)30-5)26-23(29)19-11-17-13-24-27(14(2)3)22(17)25-15(19)4/h7-11,13-14,20H,6,12H2,1-5H3,(H,26,29). The molecule has 3 aromatic rings. The minimum atomic E-state index is -0.574. The largest absolute Gasteiger partial charge is 0.497 e. The molecule has 0 radical (unpaired) electrons. The predicted octanol–water partition coefficient (Wildman–Crippen LogP) is 3.75. The molecule has 0 bridgehead atoms. The van der Waals surface area contributed by atoms with E-state index in [4.69, 9.17) is 9.47 Å². The summed E-state index contributed by atoms with van der Waals surface area (Å²) in [5, 5.41) is 8.12. The van der Waals surface area contributed by atoms with Crippen LogP contribution >= 0.6 is 0 Å². The number of carbonyl (C=O) groups is 2. The summed E-state index contributed by atoms with van der Waals surface area (Å²) >= 11 is 0. The van der Waals surface area contributed by atoms with Crippen LogP contribution in [0.2, 0.25) is 0 Å². The molecule has 164 valence electrons. The minimum absolute atomic E-state index is 0.00670. The first-order valence-electron chi connectivity index (χ1n) is 10.3. The van der Waals surface area contributed by atoms with E-state index in [1.807, 2.05) is 30.7 Å². The maximum Gasteiger partial charge on any atom is 0.308 e. The topological polar surface area (TPSA) is 95.3 Å². The molecule has 1 atom stereocenters. The Hall–Kier alpha value is -3.42. The summed E-state index contributed by atoms with van der Waals surface area (Å²) < 4.78 is 12.2. The van der Waals surface area contributed by atoms with Gasteiger partial charge in [0.2, 0.25) is 0 Å². The molecule has 0 aliphatic heterocycles. The monoisotopic (exact) mass is 424 g/mol. The van der Waals surface area contributed by atoms with Crippen molar-refractivity contribution in [3.63, 3.8) is 0 Å². The molecule has 0 aliphatic rings. The lowest BCUT2D eigenvalue weighted by atomic mass is 10.0. The molecule has 2 aromatic heterocycles. The van der Waals surface area contributed by atoms with Crippen molar-refractivity contribution >= 4 is 22.9 Å². The maximum absolute atomic E-state index is 13.2. The highest BCUT2D eigenvalue weighted by Crippen LogP contribution is 2.24. The molecule has 8 nitrogen and oxygen atoms in total. The molecule has 0 saturated heterocycles. The van der Waals surface area contributed by atoms with Gasteiger partial charge in [-0.1, -0.05) is 12.1 Å². The van der Waals surface area contributed by atoms with Crippen LogP contribution in [0, 0.1) is 6.92 Å². The first kappa shape index (κ1) is 22.3. The van der Waals surface area contributed by atoms with Gasteiger partial charge in [-0.2, -0.15) is 5.10 Å². The third kappa shape index (κ3) is 5.02. The van der Waals surface area contributed by atoms with Gasteiger partial charge in [0.25, 0.3) is 5.91 Å². The van der Waals surface area contributed by atoms with Crippen LogP contribution in [-0.2, 0) is 9.53 Å². The van der Waals surface area contributed by atoms with E-state index in [0.717, 1.165) is 16.6 Å². The number of pyridine rings is 1. The number of esters is 1. The zero-order valence-electron chi connectivity index (χ0n) is 18.5. The molecule has 2 heterocycles. The average Bonchev–Trinajstić information content (AvgIpc) is 3.15. The van der Waals surface area contributed by atoms with E-state index in [0.29, 0.717) is 17.0 Å². The molecular weight excluding hydrogens is 396 g/mol. The van der Waals surface area contributed by atoms with Gasteiger partial charge in [-0.3, -0.25) is 9.59 Å². The summed E-state index contributed by atoms with van der Waals surface area (Å²) in [5.74, 6) is -0.0681. The Bertz CT molecular complexity index is 1090. The minimum Gasteiger partial charge on any atom is -0.497 e. The average molecular weight is 425 g/mol. The van der Waals surface area contributed by atoms with Crippen LogP contribution in [0.25, 0.3) is 11.0 Å². The van der Waals surface area contributed by atoms with Crippen LogP contribution in [0.1, 0.15) is 60.9 Å². The van der Waals surface area contributed by atoms with Gasteiger partial charge >= 0.3 is 5.97 Å². The summed E-state index contributed by atoms with van der Waals surface area (Å²) in [6.45, 7) is 7.87. The quantitative estimate of drug-likeness (QED) is 0.553. The van der Waals surface area contributed by atoms with E-state index in [2.05, 4.69) is 15.4 Å². The lowest BCUT2D eigenvalue weighted by molar-refractivity contribution is -0.143. The molecule has 0 saturated carbocycles. The zero-order chi connectivity index (χ0) is 22.5. The van der Waals surface area contributed by atoms with E-state index in [-0.39, 0.29) is 30.9 Å². The predicted molar refractivity (Wildman–Crippen MR) is 117 cm³/mol. The van der Waals surface area contributed by atoms with Crippen LogP contribution in [0.4, 0.5) is 0 Å². The van der Waals surface area contributed by atoms with Crippen molar-refractivity contribution in [2.24, 2.45) is 0 Å². The molecule has 31 heavy (non-hydrogen) atoms. The molecule has 1 N–H and O–H groups in total. The molecule has 0 aliphatic carbocycles. The lowest BCUT2D eigenvalue weighted by Gasteiger charge is -2.20. The summed E-state index contributed by atoms with van der Waals surface area (Å²) in [7, 11) is 1.57. The second-order valence-electron chi connectivity index (χ2n) is 7.53. The van der Waals surface area contributed by atoms with Crippen LogP contribution < -0.4 is 10.1 Å². The number of nitrogens with one attached hydrogen (secondary N) is 1. The van der Waals surface area contributed by atoms with Crippen molar-refractivity contribution in [2.75, 3.05) is 13.7 Å². The number of fused-ring (bicyclic) bond motifs is 1. The van der Waals surface area contributed by atoms with E-state index < -0.39 is 6.04 Å². The molecule has 0 fully saturated rings. The molecule has 0 spiro atoms. The normalized spacial score (nSPS) is 12.1. The Balaban J connectivity index is 1.92. The molecular formula is C23H28N4O4. The Morgan fingerprint density at radius 3 is 2.68 bits per heavy atom. The third-order valence-corrected chi connectivity index (χ3v) is 4.97. The van der Waals surface area contributed by atoms with Gasteiger partial charge in [-0.25, -0.2) is 9.67 Å². The zero-order valence-corrected chi connectivity index (χ0v) is 18.5. The Morgan fingerprint density at radius 1 is 1.23 bits per heavy atom. The summed E-state index contributed by atoms with van der Waals surface area (Å²) in [6, 6.07) is 8.63. The van der Waals surface area contributed by atoms with E-state index in [1.165, 1.54) is 0 Å². The fourth-order valence-electron chi connectivity index (χ4n) is 3.41. The third-order valence-electron chi connectivity index (χ3n) is 4.97. The molecule has 3 rings (SSSR count). The van der Waals surface area contributed by atoms with Crippen LogP contribution in [0.5, 0.6) is 5.75 Å². The van der Waals surface area contributed by atoms with Gasteiger partial charge in [0.05, 0.1) is 43.6 Å². The number of ether oxygens (including phenoxy) is 2. The van der Waals surface area contributed by atoms with Crippen molar-refractivity contribution in [3.05, 3.63) is 53.3 Å². The van der Waals surface area contributed by atoms with Crippen molar-refractivity contribution in [1.29, 1.82) is 0 Å². The Kier molecular flexibility index (Phi) is 6.89. The smallest absolute Gasteiger partial charge is 0.308 e. The van der Waals surface area contributed by atoms with Crippen LogP contribution in [0.15, 0.2) is 36.5 Å². The summed E-state index contributed by atoms with van der Waals surface area (Å²) in [4.78, 5) is 29.9. The van der Waals surface area contributed by atoms with Crippen molar-refractivity contribution in [2.45, 2.75) is 46.2 Å². The Morgan fingerprint density at radius 2 is 2.00 bits per heavy atom.